The molecule has 0 heterocycles. The molecule has 6 heteroatoms. The first kappa shape index (κ1) is 42.6. The summed E-state index contributed by atoms with van der Waals surface area (Å²) in [5.74, 6) is -2.26. The minimum Gasteiger partial charge on any atom is -0.548 e. The fraction of sp³-hybridized carbons (Fsp3) is 0.208. The molecular weight excluding hydrogens is 669 g/mol. The van der Waals surface area contributed by atoms with Crippen LogP contribution >= 0.6 is 0 Å². The molecule has 6 nitrogen and oxygen atoms in total. The summed E-state index contributed by atoms with van der Waals surface area (Å²) in [6, 6.07) is 55.4. The number of carboxylic acids is 2. The maximum absolute atomic E-state index is 12.3. The third-order valence-corrected chi connectivity index (χ3v) is 8.46. The average Bonchev–Trinajstić information content (AvgIpc) is 3.18. The van der Waals surface area contributed by atoms with Crippen molar-refractivity contribution >= 4 is 11.9 Å². The third kappa shape index (κ3) is 11.1. The largest absolute Gasteiger partial charge is 0.548 e. The lowest BCUT2D eigenvalue weighted by Gasteiger charge is -2.36. The van der Waals surface area contributed by atoms with E-state index in [4.69, 9.17) is 0 Å². The van der Waals surface area contributed by atoms with Gasteiger partial charge in [0.2, 0.25) is 0 Å². The first-order valence-corrected chi connectivity index (χ1v) is 18.3. The quantitative estimate of drug-likeness (QED) is 0.178. The number of benzene rings is 6. The Morgan fingerprint density at radius 3 is 0.704 bits per heavy atom. The van der Waals surface area contributed by atoms with Gasteiger partial charge in [0.25, 0.3) is 0 Å². The van der Waals surface area contributed by atoms with E-state index in [1.54, 1.807) is 0 Å². The molecule has 0 spiro atoms. The second-order valence-corrected chi connectivity index (χ2v) is 14.0. The molecule has 0 saturated carbocycles. The maximum atomic E-state index is 12.3. The zero-order chi connectivity index (χ0) is 39.5. The van der Waals surface area contributed by atoms with E-state index in [9.17, 15) is 19.8 Å². The van der Waals surface area contributed by atoms with E-state index in [1.165, 1.54) is 12.8 Å². The van der Waals surface area contributed by atoms with Gasteiger partial charge in [-0.3, -0.25) is 0 Å². The number of hydrogen-bond acceptors (Lipinski definition) is 4. The number of rotatable bonds is 10. The Balaban J connectivity index is 0.000000233. The van der Waals surface area contributed by atoms with Crippen LogP contribution in [0.25, 0.3) is 0 Å². The summed E-state index contributed by atoms with van der Waals surface area (Å²) in [5.41, 5.74) is 9.19. The molecule has 0 radical (unpaired) electrons. The smallest absolute Gasteiger partial charge is 0.0860 e. The van der Waals surface area contributed by atoms with E-state index in [2.05, 4.69) is 39.2 Å². The second kappa shape index (κ2) is 21.0. The van der Waals surface area contributed by atoms with Gasteiger partial charge in [-0.1, -0.05) is 195 Å². The molecule has 0 atom stereocenters. The van der Waals surface area contributed by atoms with Crippen LogP contribution in [-0.2, 0) is 20.4 Å². The Bertz CT molecular complexity index is 1590. The highest BCUT2D eigenvalue weighted by molar-refractivity contribution is 5.90. The molecule has 0 saturated heterocycles. The van der Waals surface area contributed by atoms with Crippen LogP contribution in [0.4, 0.5) is 0 Å². The minimum atomic E-state index is -1.32. The molecule has 0 unspecified atom stereocenters. The molecule has 6 aromatic rings. The average molecular weight is 723 g/mol. The van der Waals surface area contributed by atoms with E-state index in [1.807, 2.05) is 182 Å². The van der Waals surface area contributed by atoms with Gasteiger partial charge in [-0.25, -0.2) is 0 Å². The Labute approximate surface area is 321 Å². The highest BCUT2D eigenvalue weighted by Crippen LogP contribution is 2.40. The minimum absolute atomic E-state index is 0.250. The highest BCUT2D eigenvalue weighted by atomic mass is 16.4. The lowest BCUT2D eigenvalue weighted by molar-refractivity contribution is -0.458. The van der Waals surface area contributed by atoms with Crippen LogP contribution < -0.4 is 21.7 Å². The Hall–Kier alpha value is -5.82. The summed E-state index contributed by atoms with van der Waals surface area (Å²) in [5, 5.41) is 24.6. The molecule has 0 aromatic heterocycles. The standard InChI is InChI=1S/2C20H16O2.2C4H11N/c2*21-19(22)20(16-10-4-1-5-11-16,17-12-6-2-7-13-17)18-14-8-3-9-15-18;1-4(2,3)5;1-2-3-4-5/h2*1-15H,(H,21,22);5H2,1-3H3;2-5H2,1H3. The van der Waals surface area contributed by atoms with Crippen LogP contribution in [0.3, 0.4) is 0 Å². The van der Waals surface area contributed by atoms with Gasteiger partial charge in [0.15, 0.2) is 0 Å². The number of carbonyl (C=O) groups is 2. The maximum Gasteiger partial charge on any atom is 0.0860 e. The van der Waals surface area contributed by atoms with Gasteiger partial charge in [0.05, 0.1) is 34.9 Å². The summed E-state index contributed by atoms with van der Waals surface area (Å²) in [6.45, 7) is 9.49. The third-order valence-electron chi connectivity index (χ3n) is 8.46. The van der Waals surface area contributed by atoms with Crippen molar-refractivity contribution in [3.63, 3.8) is 0 Å². The van der Waals surface area contributed by atoms with E-state index < -0.39 is 22.8 Å². The van der Waals surface area contributed by atoms with Gasteiger partial charge in [-0.15, -0.1) is 0 Å². The van der Waals surface area contributed by atoms with Gasteiger partial charge in [0.1, 0.15) is 0 Å². The normalized spacial score (nSPS) is 10.9. The molecule has 0 aliphatic heterocycles. The fourth-order valence-corrected chi connectivity index (χ4v) is 6.09. The molecule has 6 aromatic carbocycles. The van der Waals surface area contributed by atoms with Crippen LogP contribution in [-0.4, -0.2) is 24.0 Å². The lowest BCUT2D eigenvalue weighted by Crippen LogP contribution is -2.67. The number of hydrogen-bond donors (Lipinski definition) is 2. The number of carboxylic acid groups (broad SMARTS) is 2. The predicted molar refractivity (Wildman–Crippen MR) is 214 cm³/mol. The molecule has 6 rings (SSSR count). The Morgan fingerprint density at radius 1 is 0.444 bits per heavy atom. The van der Waals surface area contributed by atoms with Crippen molar-refractivity contribution in [3.8, 4) is 0 Å². The van der Waals surface area contributed by atoms with Crippen molar-refractivity contribution in [2.75, 3.05) is 6.54 Å². The summed E-state index contributed by atoms with van der Waals surface area (Å²) in [4.78, 5) is 24.6. The number of quaternary nitrogens is 2. The van der Waals surface area contributed by atoms with Crippen LogP contribution in [0.15, 0.2) is 182 Å². The van der Waals surface area contributed by atoms with E-state index >= 15 is 0 Å². The zero-order valence-corrected chi connectivity index (χ0v) is 32.0. The molecule has 0 fully saturated rings. The number of aliphatic carboxylic acids is 2. The molecule has 280 valence electrons. The first-order valence-electron chi connectivity index (χ1n) is 18.3. The zero-order valence-electron chi connectivity index (χ0n) is 32.0. The van der Waals surface area contributed by atoms with Crippen LogP contribution in [0.5, 0.6) is 0 Å². The fourth-order valence-electron chi connectivity index (χ4n) is 6.09. The molecule has 0 aliphatic carbocycles. The lowest BCUT2D eigenvalue weighted by atomic mass is 9.69. The van der Waals surface area contributed by atoms with Crippen molar-refractivity contribution in [1.82, 2.24) is 0 Å². The van der Waals surface area contributed by atoms with Crippen LogP contribution in [0.2, 0.25) is 0 Å². The van der Waals surface area contributed by atoms with Crippen molar-refractivity contribution in [1.29, 1.82) is 0 Å². The monoisotopic (exact) mass is 722 g/mol. The van der Waals surface area contributed by atoms with Gasteiger partial charge >= 0.3 is 0 Å². The first-order chi connectivity index (χ1) is 25.9. The van der Waals surface area contributed by atoms with Crippen molar-refractivity contribution in [2.45, 2.75) is 56.9 Å². The number of carbonyl (C=O) groups excluding carboxylic acids is 2. The summed E-state index contributed by atoms with van der Waals surface area (Å²) in [7, 11) is 0. The SMILES string of the molecule is CC(C)(C)[NH3+].CCCC[NH3+].O=C([O-])C(c1ccccc1)(c1ccccc1)c1ccccc1.O=C([O-])C(c1ccccc1)(c1ccccc1)c1ccccc1. The molecule has 0 bridgehead atoms. The van der Waals surface area contributed by atoms with E-state index in [-0.39, 0.29) is 5.54 Å². The van der Waals surface area contributed by atoms with E-state index in [0.29, 0.717) is 33.4 Å². The Morgan fingerprint density at radius 2 is 0.611 bits per heavy atom. The van der Waals surface area contributed by atoms with Crippen molar-refractivity contribution in [2.24, 2.45) is 0 Å². The summed E-state index contributed by atoms with van der Waals surface area (Å²) >= 11 is 0. The molecule has 0 amide bonds. The van der Waals surface area contributed by atoms with E-state index in [0.717, 1.165) is 6.54 Å². The molecule has 6 N–H and O–H groups in total. The van der Waals surface area contributed by atoms with Crippen LogP contribution in [0.1, 0.15) is 73.9 Å². The molecule has 54 heavy (non-hydrogen) atoms. The summed E-state index contributed by atoms with van der Waals surface area (Å²) in [6.07, 6.45) is 2.56. The molecular formula is C48H54N2O4. The van der Waals surface area contributed by atoms with Gasteiger partial charge in [-0.2, -0.15) is 0 Å². The van der Waals surface area contributed by atoms with Gasteiger partial charge in [-0.05, 0) is 60.6 Å². The highest BCUT2D eigenvalue weighted by Gasteiger charge is 2.38. The topological polar surface area (TPSA) is 136 Å². The van der Waals surface area contributed by atoms with Gasteiger partial charge < -0.3 is 31.3 Å². The van der Waals surface area contributed by atoms with Gasteiger partial charge in [0, 0.05) is 0 Å². The Kier molecular flexibility index (Phi) is 16.6. The summed E-state index contributed by atoms with van der Waals surface area (Å²) < 4.78 is 0. The predicted octanol–water partition coefficient (Wildman–Crippen LogP) is 5.60. The number of unbranched alkanes of at least 4 members (excludes halogenated alkanes) is 1. The molecule has 0 aliphatic rings. The van der Waals surface area contributed by atoms with Crippen LogP contribution in [0, 0.1) is 0 Å². The second-order valence-electron chi connectivity index (χ2n) is 14.0. The van der Waals surface area contributed by atoms with Crippen molar-refractivity contribution < 1.29 is 31.3 Å². The van der Waals surface area contributed by atoms with Crippen molar-refractivity contribution in [3.05, 3.63) is 215 Å².